The number of nitrogens with zero attached hydrogens (tertiary/aromatic N) is 1. The second kappa shape index (κ2) is 6.76. The van der Waals surface area contributed by atoms with Gasteiger partial charge in [-0.25, -0.2) is 4.99 Å². The lowest BCUT2D eigenvalue weighted by atomic mass is 9.78. The minimum atomic E-state index is 0.617. The highest BCUT2D eigenvalue weighted by molar-refractivity contribution is 7.09. The molecule has 110 valence electrons. The maximum absolute atomic E-state index is 4.65. The van der Waals surface area contributed by atoms with E-state index in [-0.39, 0.29) is 0 Å². The summed E-state index contributed by atoms with van der Waals surface area (Å²) in [5.74, 6) is 1.53. The zero-order valence-corrected chi connectivity index (χ0v) is 13.1. The third kappa shape index (κ3) is 3.45. The number of benzene rings is 1. The van der Waals surface area contributed by atoms with Gasteiger partial charge < -0.3 is 10.6 Å². The lowest BCUT2D eigenvalue weighted by molar-refractivity contribution is 0.584. The molecule has 1 aromatic heterocycles. The van der Waals surface area contributed by atoms with E-state index in [2.05, 4.69) is 64.3 Å². The molecule has 0 amide bonds. The number of aliphatic imine (C=N–C) groups is 1. The van der Waals surface area contributed by atoms with Gasteiger partial charge >= 0.3 is 0 Å². The van der Waals surface area contributed by atoms with Gasteiger partial charge in [0.05, 0.1) is 6.54 Å². The highest BCUT2D eigenvalue weighted by Gasteiger charge is 2.25. The number of nitrogens with one attached hydrogen (secondary N) is 2. The van der Waals surface area contributed by atoms with Crippen molar-refractivity contribution >= 4 is 17.3 Å². The van der Waals surface area contributed by atoms with Gasteiger partial charge in [-0.05, 0) is 35.9 Å². The minimum Gasteiger partial charge on any atom is -0.357 e. The monoisotopic (exact) mass is 299 g/mol. The second-order valence-corrected chi connectivity index (χ2v) is 6.29. The predicted molar refractivity (Wildman–Crippen MR) is 90.0 cm³/mol. The zero-order chi connectivity index (χ0) is 14.5. The fourth-order valence-electron chi connectivity index (χ4n) is 2.67. The van der Waals surface area contributed by atoms with Gasteiger partial charge in [0.15, 0.2) is 5.96 Å². The SMILES string of the molecule is CCNC(=NCc1cccs1)NCC1Cc2ccccc21. The first-order valence-corrected chi connectivity index (χ1v) is 8.37. The van der Waals surface area contributed by atoms with Crippen LogP contribution in [0.5, 0.6) is 0 Å². The lowest BCUT2D eigenvalue weighted by Gasteiger charge is -2.30. The molecule has 0 aliphatic heterocycles. The molecule has 1 aliphatic rings. The van der Waals surface area contributed by atoms with Crippen LogP contribution in [-0.4, -0.2) is 19.0 Å². The molecule has 1 heterocycles. The van der Waals surface area contributed by atoms with E-state index in [1.165, 1.54) is 22.4 Å². The minimum absolute atomic E-state index is 0.617. The average Bonchev–Trinajstić information content (AvgIpc) is 2.99. The van der Waals surface area contributed by atoms with Crippen molar-refractivity contribution in [3.8, 4) is 0 Å². The Morgan fingerprint density at radius 1 is 1.24 bits per heavy atom. The fraction of sp³-hybridized carbons (Fsp3) is 0.353. The van der Waals surface area contributed by atoms with Gasteiger partial charge in [-0.1, -0.05) is 30.3 Å². The van der Waals surface area contributed by atoms with Crippen molar-refractivity contribution in [1.29, 1.82) is 0 Å². The molecule has 0 radical (unpaired) electrons. The van der Waals surface area contributed by atoms with Gasteiger partial charge in [-0.15, -0.1) is 11.3 Å². The van der Waals surface area contributed by atoms with Crippen molar-refractivity contribution in [2.75, 3.05) is 13.1 Å². The summed E-state index contributed by atoms with van der Waals surface area (Å²) in [5.41, 5.74) is 2.98. The van der Waals surface area contributed by atoms with Gasteiger partial charge in [-0.3, -0.25) is 0 Å². The molecule has 1 aromatic carbocycles. The number of hydrogen-bond donors (Lipinski definition) is 2. The second-order valence-electron chi connectivity index (χ2n) is 5.26. The Labute approximate surface area is 130 Å². The van der Waals surface area contributed by atoms with Gasteiger partial charge in [0.2, 0.25) is 0 Å². The van der Waals surface area contributed by atoms with Crippen LogP contribution in [0.25, 0.3) is 0 Å². The molecule has 0 bridgehead atoms. The summed E-state index contributed by atoms with van der Waals surface area (Å²) >= 11 is 1.75. The molecule has 21 heavy (non-hydrogen) atoms. The van der Waals surface area contributed by atoms with Crippen molar-refractivity contribution in [3.63, 3.8) is 0 Å². The average molecular weight is 299 g/mol. The van der Waals surface area contributed by atoms with E-state index in [9.17, 15) is 0 Å². The highest BCUT2D eigenvalue weighted by atomic mass is 32.1. The van der Waals surface area contributed by atoms with E-state index in [0.29, 0.717) is 5.92 Å². The van der Waals surface area contributed by atoms with E-state index >= 15 is 0 Å². The Morgan fingerprint density at radius 2 is 2.14 bits per heavy atom. The molecule has 0 fully saturated rings. The van der Waals surface area contributed by atoms with Crippen LogP contribution in [0.2, 0.25) is 0 Å². The molecule has 1 atom stereocenters. The molecule has 0 saturated carbocycles. The van der Waals surface area contributed by atoms with E-state index < -0.39 is 0 Å². The quantitative estimate of drug-likeness (QED) is 0.657. The Morgan fingerprint density at radius 3 is 2.90 bits per heavy atom. The van der Waals surface area contributed by atoms with Crippen molar-refractivity contribution in [3.05, 3.63) is 57.8 Å². The standard InChI is InChI=1S/C17H21N3S/c1-2-18-17(20-12-15-7-5-9-21-15)19-11-14-10-13-6-3-4-8-16(13)14/h3-9,14H,2,10-12H2,1H3,(H2,18,19,20). The number of fused-ring (bicyclic) bond motifs is 1. The van der Waals surface area contributed by atoms with Crippen LogP contribution in [0.1, 0.15) is 28.8 Å². The Hall–Kier alpha value is -1.81. The fourth-order valence-corrected chi connectivity index (χ4v) is 3.29. The summed E-state index contributed by atoms with van der Waals surface area (Å²) < 4.78 is 0. The third-order valence-electron chi connectivity index (χ3n) is 3.79. The number of hydrogen-bond acceptors (Lipinski definition) is 2. The van der Waals surface area contributed by atoms with Gasteiger partial charge in [0.25, 0.3) is 0 Å². The Balaban J connectivity index is 1.55. The Bertz CT molecular complexity index is 604. The maximum Gasteiger partial charge on any atom is 0.191 e. The molecule has 1 aliphatic carbocycles. The molecular formula is C17H21N3S. The summed E-state index contributed by atoms with van der Waals surface area (Å²) in [6, 6.07) is 12.9. The first-order chi connectivity index (χ1) is 10.4. The van der Waals surface area contributed by atoms with Crippen LogP contribution < -0.4 is 10.6 Å². The summed E-state index contributed by atoms with van der Waals surface area (Å²) in [6.45, 7) is 4.68. The first kappa shape index (κ1) is 14.1. The van der Waals surface area contributed by atoms with E-state index in [1.54, 1.807) is 11.3 Å². The molecule has 0 saturated heterocycles. The largest absolute Gasteiger partial charge is 0.357 e. The Kier molecular flexibility index (Phi) is 4.55. The molecule has 4 heteroatoms. The molecule has 2 aromatic rings. The van der Waals surface area contributed by atoms with Crippen LogP contribution in [-0.2, 0) is 13.0 Å². The summed E-state index contributed by atoms with van der Waals surface area (Å²) in [7, 11) is 0. The molecule has 3 nitrogen and oxygen atoms in total. The molecule has 1 unspecified atom stereocenters. The molecule has 0 spiro atoms. The number of thiophene rings is 1. The highest BCUT2D eigenvalue weighted by Crippen LogP contribution is 2.33. The van der Waals surface area contributed by atoms with Gasteiger partial charge in [0.1, 0.15) is 0 Å². The van der Waals surface area contributed by atoms with Crippen LogP contribution in [0.3, 0.4) is 0 Å². The lowest BCUT2D eigenvalue weighted by Crippen LogP contribution is -2.41. The third-order valence-corrected chi connectivity index (χ3v) is 4.66. The van der Waals surface area contributed by atoms with Crippen molar-refractivity contribution in [2.24, 2.45) is 4.99 Å². The van der Waals surface area contributed by atoms with Crippen LogP contribution in [0.15, 0.2) is 46.8 Å². The number of guanidine groups is 1. The summed E-state index contributed by atoms with van der Waals surface area (Å²) in [4.78, 5) is 5.94. The molecule has 2 N–H and O–H groups in total. The zero-order valence-electron chi connectivity index (χ0n) is 12.3. The first-order valence-electron chi connectivity index (χ1n) is 7.49. The topological polar surface area (TPSA) is 36.4 Å². The van der Waals surface area contributed by atoms with Crippen LogP contribution in [0, 0.1) is 0 Å². The van der Waals surface area contributed by atoms with Crippen molar-refractivity contribution in [1.82, 2.24) is 10.6 Å². The molecular weight excluding hydrogens is 278 g/mol. The predicted octanol–water partition coefficient (Wildman–Crippen LogP) is 3.14. The van der Waals surface area contributed by atoms with Crippen LogP contribution in [0.4, 0.5) is 0 Å². The van der Waals surface area contributed by atoms with Crippen molar-refractivity contribution < 1.29 is 0 Å². The summed E-state index contributed by atoms with van der Waals surface area (Å²) in [6.07, 6.45) is 1.17. The van der Waals surface area contributed by atoms with Gasteiger partial charge in [0, 0.05) is 23.9 Å². The molecule has 3 rings (SSSR count). The maximum atomic E-state index is 4.65. The van der Waals surface area contributed by atoms with E-state index in [0.717, 1.165) is 25.6 Å². The van der Waals surface area contributed by atoms with Crippen molar-refractivity contribution in [2.45, 2.75) is 25.8 Å². The normalized spacial score (nSPS) is 17.0. The van der Waals surface area contributed by atoms with Gasteiger partial charge in [-0.2, -0.15) is 0 Å². The smallest absolute Gasteiger partial charge is 0.191 e. The van der Waals surface area contributed by atoms with E-state index in [1.807, 2.05) is 0 Å². The van der Waals surface area contributed by atoms with Crippen LogP contribution >= 0.6 is 11.3 Å². The summed E-state index contributed by atoms with van der Waals surface area (Å²) in [5, 5.41) is 8.88. The number of rotatable bonds is 5. The van der Waals surface area contributed by atoms with E-state index in [4.69, 9.17) is 0 Å².